The number of ether oxygens (including phenoxy) is 3. The number of hydrogen-bond acceptors (Lipinski definition) is 6. The number of rotatable bonds is 11. The summed E-state index contributed by atoms with van der Waals surface area (Å²) < 4.78 is 15.4. The van der Waals surface area contributed by atoms with Gasteiger partial charge in [0.05, 0.1) is 12.2 Å². The lowest BCUT2D eigenvalue weighted by Gasteiger charge is -2.13. The van der Waals surface area contributed by atoms with Gasteiger partial charge in [-0.05, 0) is 43.9 Å². The van der Waals surface area contributed by atoms with E-state index in [0.29, 0.717) is 31.4 Å². The minimum absolute atomic E-state index is 0.142. The first-order chi connectivity index (χ1) is 14.1. The number of esters is 3. The molecule has 0 amide bonds. The molecule has 2 rings (SSSR count). The molecule has 154 valence electrons. The average molecular weight is 398 g/mol. The third-order valence-electron chi connectivity index (χ3n) is 4.13. The molecule has 0 N–H and O–H groups in total. The summed E-state index contributed by atoms with van der Waals surface area (Å²) in [5.41, 5.74) is 1.39. The molecule has 6 nitrogen and oxygen atoms in total. The van der Waals surface area contributed by atoms with E-state index in [4.69, 9.17) is 14.2 Å². The Kier molecular flexibility index (Phi) is 9.42. The first-order valence-electron chi connectivity index (χ1n) is 9.68. The van der Waals surface area contributed by atoms with E-state index in [1.165, 1.54) is 6.92 Å². The molecular formula is C23H26O6. The van der Waals surface area contributed by atoms with E-state index in [2.05, 4.69) is 0 Å². The van der Waals surface area contributed by atoms with Crippen LogP contribution >= 0.6 is 0 Å². The van der Waals surface area contributed by atoms with Crippen LogP contribution in [0, 0.1) is 0 Å². The molecule has 6 heteroatoms. The van der Waals surface area contributed by atoms with Crippen molar-refractivity contribution in [2.45, 2.75) is 45.3 Å². The third-order valence-corrected chi connectivity index (χ3v) is 4.13. The third kappa shape index (κ3) is 8.60. The molecule has 0 bridgehead atoms. The molecule has 0 spiro atoms. The molecule has 0 fully saturated rings. The van der Waals surface area contributed by atoms with E-state index in [9.17, 15) is 14.4 Å². The zero-order valence-electron chi connectivity index (χ0n) is 16.5. The first-order valence-corrected chi connectivity index (χ1v) is 9.68. The number of carbonyl (C=O) groups excluding carboxylic acids is 3. The fourth-order valence-electron chi connectivity index (χ4n) is 2.52. The summed E-state index contributed by atoms with van der Waals surface area (Å²) in [5.74, 6) is -1.38. The first kappa shape index (κ1) is 22.1. The van der Waals surface area contributed by atoms with E-state index >= 15 is 0 Å². The molecule has 29 heavy (non-hydrogen) atoms. The van der Waals surface area contributed by atoms with Crippen molar-refractivity contribution in [3.05, 3.63) is 71.8 Å². The van der Waals surface area contributed by atoms with Gasteiger partial charge in [-0.15, -0.1) is 0 Å². The van der Waals surface area contributed by atoms with Gasteiger partial charge in [-0.1, -0.05) is 48.5 Å². The Labute approximate surface area is 170 Å². The smallest absolute Gasteiger partial charge is 0.347 e. The van der Waals surface area contributed by atoms with Crippen LogP contribution in [0.4, 0.5) is 0 Å². The van der Waals surface area contributed by atoms with Crippen LogP contribution in [-0.4, -0.2) is 30.6 Å². The average Bonchev–Trinajstić information content (AvgIpc) is 2.75. The maximum atomic E-state index is 11.9. The Morgan fingerprint density at radius 2 is 1.48 bits per heavy atom. The van der Waals surface area contributed by atoms with Crippen molar-refractivity contribution in [1.82, 2.24) is 0 Å². The van der Waals surface area contributed by atoms with Crippen LogP contribution in [0.2, 0.25) is 0 Å². The van der Waals surface area contributed by atoms with Gasteiger partial charge in [-0.3, -0.25) is 4.79 Å². The monoisotopic (exact) mass is 398 g/mol. The van der Waals surface area contributed by atoms with Gasteiger partial charge < -0.3 is 14.2 Å². The summed E-state index contributed by atoms with van der Waals surface area (Å²) in [5, 5.41) is 0. The largest absolute Gasteiger partial charge is 0.462 e. The second-order valence-electron chi connectivity index (χ2n) is 6.54. The van der Waals surface area contributed by atoms with Crippen LogP contribution in [0.3, 0.4) is 0 Å². The molecule has 0 aliphatic rings. The highest BCUT2D eigenvalue weighted by Crippen LogP contribution is 2.08. The molecule has 1 atom stereocenters. The summed E-state index contributed by atoms with van der Waals surface area (Å²) in [7, 11) is 0. The second-order valence-corrected chi connectivity index (χ2v) is 6.54. The Hall–Kier alpha value is -3.15. The maximum absolute atomic E-state index is 11.9. The zero-order chi connectivity index (χ0) is 20.9. The van der Waals surface area contributed by atoms with Gasteiger partial charge in [0.15, 0.2) is 6.10 Å². The molecule has 0 heterocycles. The van der Waals surface area contributed by atoms with Gasteiger partial charge in [0.2, 0.25) is 0 Å². The molecule has 0 saturated heterocycles. The van der Waals surface area contributed by atoms with Crippen molar-refractivity contribution in [2.24, 2.45) is 0 Å². The second kappa shape index (κ2) is 12.3. The van der Waals surface area contributed by atoms with Crippen molar-refractivity contribution in [3.8, 4) is 0 Å². The van der Waals surface area contributed by atoms with E-state index in [-0.39, 0.29) is 19.0 Å². The molecule has 2 aromatic carbocycles. The van der Waals surface area contributed by atoms with E-state index in [1.54, 1.807) is 24.3 Å². The van der Waals surface area contributed by atoms with E-state index in [0.717, 1.165) is 5.56 Å². The fraction of sp³-hybridized carbons (Fsp3) is 0.348. The normalized spacial score (nSPS) is 11.3. The Morgan fingerprint density at radius 3 is 2.17 bits per heavy atom. The van der Waals surface area contributed by atoms with E-state index in [1.807, 2.05) is 36.4 Å². The highest BCUT2D eigenvalue weighted by atomic mass is 16.6. The predicted octanol–water partition coefficient (Wildman–Crippen LogP) is 4.08. The summed E-state index contributed by atoms with van der Waals surface area (Å²) in [6, 6.07) is 18.1. The Bertz CT molecular complexity index is 772. The predicted molar refractivity (Wildman–Crippen MR) is 107 cm³/mol. The van der Waals surface area contributed by atoms with Gasteiger partial charge in [-0.2, -0.15) is 0 Å². The quantitative estimate of drug-likeness (QED) is 0.322. The van der Waals surface area contributed by atoms with Crippen molar-refractivity contribution in [3.63, 3.8) is 0 Å². The molecule has 0 radical (unpaired) electrons. The molecule has 1 unspecified atom stereocenters. The molecule has 0 aliphatic heterocycles. The lowest BCUT2D eigenvalue weighted by atomic mass is 10.2. The highest BCUT2D eigenvalue weighted by Gasteiger charge is 2.19. The van der Waals surface area contributed by atoms with Crippen LogP contribution in [0.25, 0.3) is 0 Å². The minimum Gasteiger partial charge on any atom is -0.462 e. The summed E-state index contributed by atoms with van der Waals surface area (Å²) in [6.07, 6.45) is 1.21. The standard InChI is InChI=1S/C23H26O6/c1-18(22(25)28-17-19-11-5-2-6-12-19)29-21(24)15-9-4-10-16-27-23(26)20-13-7-3-8-14-20/h2-3,5-8,11-14,18H,4,9-10,15-17H2,1H3. The minimum atomic E-state index is -0.946. The van der Waals surface area contributed by atoms with Crippen molar-refractivity contribution in [1.29, 1.82) is 0 Å². The summed E-state index contributed by atoms with van der Waals surface area (Å²) in [6.45, 7) is 1.93. The SMILES string of the molecule is CC(OC(=O)CCCCCOC(=O)c1ccccc1)C(=O)OCc1ccccc1. The number of unbranched alkanes of at least 4 members (excludes halogenated alkanes) is 2. The number of benzene rings is 2. The number of hydrogen-bond donors (Lipinski definition) is 0. The Balaban J connectivity index is 1.53. The molecule has 2 aromatic rings. The lowest BCUT2D eigenvalue weighted by molar-refractivity contribution is -0.167. The van der Waals surface area contributed by atoms with Gasteiger partial charge in [-0.25, -0.2) is 9.59 Å². The van der Waals surface area contributed by atoms with Gasteiger partial charge in [0, 0.05) is 6.42 Å². The topological polar surface area (TPSA) is 78.9 Å². The van der Waals surface area contributed by atoms with Crippen LogP contribution in [-0.2, 0) is 30.4 Å². The number of carbonyl (C=O) groups is 3. The van der Waals surface area contributed by atoms with Crippen LogP contribution < -0.4 is 0 Å². The van der Waals surface area contributed by atoms with Gasteiger partial charge in [0.25, 0.3) is 0 Å². The zero-order valence-corrected chi connectivity index (χ0v) is 16.5. The maximum Gasteiger partial charge on any atom is 0.347 e. The summed E-state index contributed by atoms with van der Waals surface area (Å²) in [4.78, 5) is 35.5. The molecule has 0 saturated carbocycles. The van der Waals surface area contributed by atoms with Crippen LogP contribution in [0.15, 0.2) is 60.7 Å². The van der Waals surface area contributed by atoms with Gasteiger partial charge >= 0.3 is 17.9 Å². The van der Waals surface area contributed by atoms with Crippen molar-refractivity contribution >= 4 is 17.9 Å². The summed E-state index contributed by atoms with van der Waals surface area (Å²) >= 11 is 0. The fourth-order valence-corrected chi connectivity index (χ4v) is 2.52. The van der Waals surface area contributed by atoms with Crippen LogP contribution in [0.5, 0.6) is 0 Å². The van der Waals surface area contributed by atoms with Crippen molar-refractivity contribution in [2.75, 3.05) is 6.61 Å². The molecular weight excluding hydrogens is 372 g/mol. The van der Waals surface area contributed by atoms with E-state index < -0.39 is 18.0 Å². The van der Waals surface area contributed by atoms with Crippen molar-refractivity contribution < 1.29 is 28.6 Å². The van der Waals surface area contributed by atoms with Crippen LogP contribution in [0.1, 0.15) is 48.5 Å². The Morgan fingerprint density at radius 1 is 0.828 bits per heavy atom. The molecule has 0 aromatic heterocycles. The lowest BCUT2D eigenvalue weighted by Crippen LogP contribution is -2.26. The highest BCUT2D eigenvalue weighted by molar-refractivity contribution is 5.89. The molecule has 0 aliphatic carbocycles. The van der Waals surface area contributed by atoms with Gasteiger partial charge in [0.1, 0.15) is 6.61 Å².